The zero-order valence-corrected chi connectivity index (χ0v) is 16.1. The molecule has 1 aliphatic heterocycles. The SMILES string of the molecule is CC(=O)O[C@@H]1CC2=C(CCCC2(C)C)[C@H]2[C@H](O)CC3=C(COC3=O)[C@]12C. The summed E-state index contributed by atoms with van der Waals surface area (Å²) in [6.07, 6.45) is 3.15. The summed E-state index contributed by atoms with van der Waals surface area (Å²) in [5, 5.41) is 11.1. The van der Waals surface area contributed by atoms with Crippen molar-refractivity contribution in [3.8, 4) is 0 Å². The van der Waals surface area contributed by atoms with E-state index in [1.807, 2.05) is 0 Å². The minimum absolute atomic E-state index is 0.0453. The van der Waals surface area contributed by atoms with Crippen LogP contribution in [0.1, 0.15) is 59.8 Å². The number of hydrogen-bond acceptors (Lipinski definition) is 5. The molecular weight excluding hydrogens is 332 g/mol. The van der Waals surface area contributed by atoms with Crippen LogP contribution in [-0.4, -0.2) is 35.9 Å². The summed E-state index contributed by atoms with van der Waals surface area (Å²) in [5.74, 6) is -0.771. The first-order valence-corrected chi connectivity index (χ1v) is 9.63. The van der Waals surface area contributed by atoms with E-state index in [-0.39, 0.29) is 36.0 Å². The summed E-state index contributed by atoms with van der Waals surface area (Å²) < 4.78 is 11.1. The molecule has 0 radical (unpaired) electrons. The summed E-state index contributed by atoms with van der Waals surface area (Å²) in [7, 11) is 0. The van der Waals surface area contributed by atoms with E-state index >= 15 is 0 Å². The Morgan fingerprint density at radius 3 is 2.65 bits per heavy atom. The van der Waals surface area contributed by atoms with Crippen LogP contribution in [0.4, 0.5) is 0 Å². The predicted molar refractivity (Wildman–Crippen MR) is 95.0 cm³/mol. The molecule has 26 heavy (non-hydrogen) atoms. The first-order chi connectivity index (χ1) is 12.2. The van der Waals surface area contributed by atoms with Gasteiger partial charge >= 0.3 is 11.9 Å². The van der Waals surface area contributed by atoms with Crippen LogP contribution < -0.4 is 0 Å². The summed E-state index contributed by atoms with van der Waals surface area (Å²) in [6, 6.07) is 0. The monoisotopic (exact) mass is 360 g/mol. The summed E-state index contributed by atoms with van der Waals surface area (Å²) in [5.41, 5.74) is 3.64. The van der Waals surface area contributed by atoms with Crippen LogP contribution in [0.25, 0.3) is 0 Å². The lowest BCUT2D eigenvalue weighted by Crippen LogP contribution is -2.55. The molecule has 0 amide bonds. The number of fused-ring (bicyclic) bond motifs is 3. The van der Waals surface area contributed by atoms with E-state index in [9.17, 15) is 14.7 Å². The topological polar surface area (TPSA) is 72.8 Å². The average Bonchev–Trinajstić information content (AvgIpc) is 2.90. The standard InChI is InChI=1S/C21H28O5/c1-11(22)26-17-9-14-12(6-5-7-20(14,2)3)18-16(23)8-13-15(21(17,18)4)10-25-19(13)24/h16-18,23H,5-10H2,1-4H3/t16-,17-,18+,21-/m1/s1. The van der Waals surface area contributed by atoms with E-state index in [4.69, 9.17) is 9.47 Å². The van der Waals surface area contributed by atoms with Gasteiger partial charge in [0.25, 0.3) is 0 Å². The first-order valence-electron chi connectivity index (χ1n) is 9.63. The molecule has 0 aromatic heterocycles. The lowest BCUT2D eigenvalue weighted by atomic mass is 9.50. The number of aliphatic hydroxyl groups excluding tert-OH is 1. The van der Waals surface area contributed by atoms with Crippen LogP contribution in [0.3, 0.4) is 0 Å². The van der Waals surface area contributed by atoms with Crippen molar-refractivity contribution in [1.29, 1.82) is 0 Å². The van der Waals surface area contributed by atoms with Crippen molar-refractivity contribution in [2.75, 3.05) is 6.61 Å². The second kappa shape index (κ2) is 5.69. The minimum Gasteiger partial charge on any atom is -0.461 e. The largest absolute Gasteiger partial charge is 0.461 e. The summed E-state index contributed by atoms with van der Waals surface area (Å²) in [4.78, 5) is 24.0. The zero-order valence-electron chi connectivity index (χ0n) is 16.1. The Morgan fingerprint density at radius 1 is 1.23 bits per heavy atom. The molecule has 4 aliphatic rings. The van der Waals surface area contributed by atoms with Crippen molar-refractivity contribution in [2.45, 2.75) is 72.0 Å². The smallest absolute Gasteiger partial charge is 0.334 e. The highest BCUT2D eigenvalue weighted by molar-refractivity contribution is 5.92. The third-order valence-electron chi connectivity index (χ3n) is 7.25. The lowest BCUT2D eigenvalue weighted by molar-refractivity contribution is -0.157. The Balaban J connectivity index is 1.92. The molecule has 0 spiro atoms. The zero-order chi connectivity index (χ0) is 18.9. The summed E-state index contributed by atoms with van der Waals surface area (Å²) >= 11 is 0. The maximum Gasteiger partial charge on any atom is 0.334 e. The molecule has 0 saturated carbocycles. The van der Waals surface area contributed by atoms with Gasteiger partial charge in [0.2, 0.25) is 0 Å². The second-order valence-corrected chi connectivity index (χ2v) is 9.11. The van der Waals surface area contributed by atoms with Crippen LogP contribution in [0.15, 0.2) is 22.3 Å². The van der Waals surface area contributed by atoms with Gasteiger partial charge in [0.05, 0.1) is 6.10 Å². The van der Waals surface area contributed by atoms with E-state index in [1.165, 1.54) is 18.1 Å². The highest BCUT2D eigenvalue weighted by Crippen LogP contribution is 2.61. The minimum atomic E-state index is -0.651. The van der Waals surface area contributed by atoms with Gasteiger partial charge in [-0.3, -0.25) is 4.79 Å². The molecule has 142 valence electrons. The fourth-order valence-corrected chi connectivity index (χ4v) is 6.00. The first kappa shape index (κ1) is 17.8. The predicted octanol–water partition coefficient (Wildman–Crippen LogP) is 3.07. The number of hydrogen-bond donors (Lipinski definition) is 1. The fourth-order valence-electron chi connectivity index (χ4n) is 6.00. The highest BCUT2D eigenvalue weighted by atomic mass is 16.5. The summed E-state index contributed by atoms with van der Waals surface area (Å²) in [6.45, 7) is 8.22. The van der Waals surface area contributed by atoms with Crippen LogP contribution in [0, 0.1) is 16.7 Å². The molecule has 5 nitrogen and oxygen atoms in total. The molecule has 1 heterocycles. The van der Waals surface area contributed by atoms with E-state index < -0.39 is 11.5 Å². The molecule has 0 fully saturated rings. The van der Waals surface area contributed by atoms with Crippen LogP contribution in [0.5, 0.6) is 0 Å². The molecule has 0 aromatic carbocycles. The number of esters is 2. The molecule has 0 aromatic rings. The van der Waals surface area contributed by atoms with Crippen LogP contribution in [0.2, 0.25) is 0 Å². The number of aliphatic hydroxyl groups is 1. The van der Waals surface area contributed by atoms with Gasteiger partial charge in [0.1, 0.15) is 12.7 Å². The molecule has 5 heteroatoms. The van der Waals surface area contributed by atoms with Crippen molar-refractivity contribution in [3.05, 3.63) is 22.3 Å². The Bertz CT molecular complexity index is 744. The van der Waals surface area contributed by atoms with Gasteiger partial charge in [-0.1, -0.05) is 31.9 Å². The Labute approximate surface area is 154 Å². The molecular formula is C21H28O5. The Kier molecular flexibility index (Phi) is 3.89. The van der Waals surface area contributed by atoms with Gasteiger partial charge in [-0.2, -0.15) is 0 Å². The third-order valence-corrected chi connectivity index (χ3v) is 7.25. The second-order valence-electron chi connectivity index (χ2n) is 9.11. The maximum atomic E-state index is 12.2. The number of ether oxygens (including phenoxy) is 2. The number of carbonyl (C=O) groups is 2. The molecule has 3 aliphatic carbocycles. The van der Waals surface area contributed by atoms with Gasteiger partial charge < -0.3 is 14.6 Å². The van der Waals surface area contributed by atoms with E-state index in [2.05, 4.69) is 20.8 Å². The van der Waals surface area contributed by atoms with E-state index in [0.717, 1.165) is 24.8 Å². The van der Waals surface area contributed by atoms with E-state index in [1.54, 1.807) is 0 Å². The van der Waals surface area contributed by atoms with Gasteiger partial charge in [-0.15, -0.1) is 0 Å². The quantitative estimate of drug-likeness (QED) is 0.575. The van der Waals surface area contributed by atoms with Gasteiger partial charge in [-0.05, 0) is 30.3 Å². The fraction of sp³-hybridized carbons (Fsp3) is 0.714. The number of rotatable bonds is 1. The highest BCUT2D eigenvalue weighted by Gasteiger charge is 2.60. The maximum absolute atomic E-state index is 12.2. The van der Waals surface area contributed by atoms with Crippen molar-refractivity contribution < 1.29 is 24.2 Å². The van der Waals surface area contributed by atoms with Gasteiger partial charge in [0, 0.05) is 36.7 Å². The molecule has 4 atom stereocenters. The molecule has 0 bridgehead atoms. The van der Waals surface area contributed by atoms with Crippen molar-refractivity contribution in [3.63, 3.8) is 0 Å². The Hall–Kier alpha value is -1.62. The average molecular weight is 360 g/mol. The van der Waals surface area contributed by atoms with Crippen molar-refractivity contribution in [2.24, 2.45) is 16.7 Å². The normalized spacial score (nSPS) is 38.3. The van der Waals surface area contributed by atoms with Gasteiger partial charge in [0.15, 0.2) is 0 Å². The lowest BCUT2D eigenvalue weighted by Gasteiger charge is -2.55. The van der Waals surface area contributed by atoms with Crippen LogP contribution >= 0.6 is 0 Å². The number of carbonyl (C=O) groups excluding carboxylic acids is 2. The Morgan fingerprint density at radius 2 is 1.96 bits per heavy atom. The third kappa shape index (κ3) is 2.32. The van der Waals surface area contributed by atoms with Crippen molar-refractivity contribution >= 4 is 11.9 Å². The number of cyclic esters (lactones) is 1. The van der Waals surface area contributed by atoms with Gasteiger partial charge in [-0.25, -0.2) is 4.79 Å². The van der Waals surface area contributed by atoms with Crippen LogP contribution in [-0.2, 0) is 19.1 Å². The molecule has 4 rings (SSSR count). The molecule has 1 N–H and O–H groups in total. The van der Waals surface area contributed by atoms with E-state index in [0.29, 0.717) is 18.4 Å². The van der Waals surface area contributed by atoms with Crippen molar-refractivity contribution in [1.82, 2.24) is 0 Å². The molecule has 0 unspecified atom stereocenters. The molecule has 0 saturated heterocycles.